The molecule has 0 aromatic heterocycles. The van der Waals surface area contributed by atoms with Gasteiger partial charge in [-0.05, 0) is 39.5 Å². The lowest BCUT2D eigenvalue weighted by atomic mass is 10.1. The van der Waals surface area contributed by atoms with Crippen LogP contribution in [0.4, 0.5) is 0 Å². The third kappa shape index (κ3) is 6.95. The second-order valence-corrected chi connectivity index (χ2v) is 7.16. The molecule has 19 heavy (non-hydrogen) atoms. The highest BCUT2D eigenvalue weighted by Gasteiger charge is 2.24. The van der Waals surface area contributed by atoms with Crippen LogP contribution in [0.1, 0.15) is 66.7 Å². The molecule has 1 aliphatic carbocycles. The van der Waals surface area contributed by atoms with Gasteiger partial charge in [0, 0.05) is 19.1 Å². The monoisotopic (exact) mass is 269 g/mol. The van der Waals surface area contributed by atoms with Crippen LogP contribution >= 0.6 is 0 Å². The summed E-state index contributed by atoms with van der Waals surface area (Å²) in [6.45, 7) is 12.2. The lowest BCUT2D eigenvalue weighted by Crippen LogP contribution is -2.38. The molecule has 0 atom stereocenters. The van der Waals surface area contributed by atoms with Gasteiger partial charge in [0.2, 0.25) is 0 Å². The number of hydrogen-bond acceptors (Lipinski definition) is 3. The third-order valence-electron chi connectivity index (χ3n) is 3.46. The molecule has 1 fully saturated rings. The van der Waals surface area contributed by atoms with Crippen LogP contribution in [0.2, 0.25) is 0 Å². The summed E-state index contributed by atoms with van der Waals surface area (Å²) in [5.74, 6) is 0.582. The smallest absolute Gasteiger partial charge is 0.307 e. The topological polar surface area (TPSA) is 29.5 Å². The second-order valence-electron chi connectivity index (χ2n) is 7.16. The van der Waals surface area contributed by atoms with E-state index in [1.54, 1.807) is 0 Å². The van der Waals surface area contributed by atoms with Crippen molar-refractivity contribution in [2.75, 3.05) is 13.1 Å². The maximum atomic E-state index is 11.8. The van der Waals surface area contributed by atoms with Crippen LogP contribution in [-0.2, 0) is 9.53 Å². The summed E-state index contributed by atoms with van der Waals surface area (Å²) < 4.78 is 5.39. The zero-order valence-corrected chi connectivity index (χ0v) is 13.4. The number of nitrogens with zero attached hydrogens (tertiary/aromatic N) is 1. The molecule has 0 spiro atoms. The number of carbonyl (C=O) groups is 1. The normalized spacial score (nSPS) is 17.4. The predicted molar refractivity (Wildman–Crippen MR) is 79.1 cm³/mol. The van der Waals surface area contributed by atoms with Crippen molar-refractivity contribution in [1.29, 1.82) is 0 Å². The summed E-state index contributed by atoms with van der Waals surface area (Å²) in [7, 11) is 0. The Labute approximate surface area is 118 Å². The minimum absolute atomic E-state index is 0.0701. The molecule has 112 valence electrons. The Morgan fingerprint density at radius 3 is 2.32 bits per heavy atom. The second kappa shape index (κ2) is 7.28. The Morgan fingerprint density at radius 1 is 1.26 bits per heavy atom. The van der Waals surface area contributed by atoms with Crippen LogP contribution in [0, 0.1) is 5.92 Å². The van der Waals surface area contributed by atoms with Gasteiger partial charge < -0.3 is 4.74 Å². The van der Waals surface area contributed by atoms with E-state index in [1.165, 1.54) is 25.7 Å². The molecule has 0 aliphatic heterocycles. The summed E-state index contributed by atoms with van der Waals surface area (Å²) in [6, 6.07) is 0.685. The Balaban J connectivity index is 2.41. The van der Waals surface area contributed by atoms with Crippen molar-refractivity contribution in [1.82, 2.24) is 4.90 Å². The van der Waals surface area contributed by atoms with E-state index in [1.807, 2.05) is 20.8 Å². The fourth-order valence-corrected chi connectivity index (χ4v) is 2.79. The number of ether oxygens (including phenoxy) is 1. The van der Waals surface area contributed by atoms with Crippen molar-refractivity contribution in [3.63, 3.8) is 0 Å². The predicted octanol–water partition coefficient (Wildman–Crippen LogP) is 3.62. The van der Waals surface area contributed by atoms with E-state index in [-0.39, 0.29) is 11.6 Å². The molecule has 0 aromatic rings. The van der Waals surface area contributed by atoms with Gasteiger partial charge in [-0.2, -0.15) is 0 Å². The van der Waals surface area contributed by atoms with E-state index in [0.29, 0.717) is 18.4 Å². The van der Waals surface area contributed by atoms with Crippen LogP contribution in [0.3, 0.4) is 0 Å². The summed E-state index contributed by atoms with van der Waals surface area (Å²) >= 11 is 0. The summed E-state index contributed by atoms with van der Waals surface area (Å²) in [5, 5.41) is 0. The van der Waals surface area contributed by atoms with Crippen molar-refractivity contribution >= 4 is 5.97 Å². The van der Waals surface area contributed by atoms with Crippen LogP contribution in [0.5, 0.6) is 0 Å². The zero-order chi connectivity index (χ0) is 14.5. The van der Waals surface area contributed by atoms with Crippen molar-refractivity contribution in [2.24, 2.45) is 5.92 Å². The van der Waals surface area contributed by atoms with E-state index in [2.05, 4.69) is 18.7 Å². The molecule has 0 bridgehead atoms. The molecule has 0 aromatic carbocycles. The number of rotatable bonds is 6. The molecular formula is C16H31NO2. The average molecular weight is 269 g/mol. The van der Waals surface area contributed by atoms with Gasteiger partial charge in [-0.1, -0.05) is 26.7 Å². The summed E-state index contributed by atoms with van der Waals surface area (Å²) in [5.41, 5.74) is -0.368. The molecular weight excluding hydrogens is 238 g/mol. The van der Waals surface area contributed by atoms with Gasteiger partial charge in [-0.25, -0.2) is 0 Å². The van der Waals surface area contributed by atoms with E-state index >= 15 is 0 Å². The molecule has 0 N–H and O–H groups in total. The van der Waals surface area contributed by atoms with E-state index in [0.717, 1.165) is 13.1 Å². The van der Waals surface area contributed by atoms with Gasteiger partial charge in [0.25, 0.3) is 0 Å². The van der Waals surface area contributed by atoms with Crippen molar-refractivity contribution in [2.45, 2.75) is 78.4 Å². The third-order valence-corrected chi connectivity index (χ3v) is 3.46. The molecule has 0 amide bonds. The van der Waals surface area contributed by atoms with E-state index in [4.69, 9.17) is 4.74 Å². The van der Waals surface area contributed by atoms with Gasteiger partial charge in [0.05, 0.1) is 6.42 Å². The Hall–Kier alpha value is -0.570. The average Bonchev–Trinajstić information content (AvgIpc) is 2.74. The van der Waals surface area contributed by atoms with Gasteiger partial charge in [-0.3, -0.25) is 9.69 Å². The van der Waals surface area contributed by atoms with Crippen molar-refractivity contribution in [3.05, 3.63) is 0 Å². The maximum absolute atomic E-state index is 11.8. The first-order valence-corrected chi connectivity index (χ1v) is 7.74. The van der Waals surface area contributed by atoms with Crippen LogP contribution in [0.25, 0.3) is 0 Å². The molecule has 0 unspecified atom stereocenters. The molecule has 3 heteroatoms. The molecule has 0 radical (unpaired) electrons. The molecule has 1 rings (SSSR count). The highest BCUT2D eigenvalue weighted by molar-refractivity contribution is 5.70. The van der Waals surface area contributed by atoms with Gasteiger partial charge >= 0.3 is 5.97 Å². The maximum Gasteiger partial charge on any atom is 0.307 e. The molecule has 1 saturated carbocycles. The molecule has 1 aliphatic rings. The van der Waals surface area contributed by atoms with E-state index in [9.17, 15) is 4.79 Å². The highest BCUT2D eigenvalue weighted by atomic mass is 16.6. The fraction of sp³-hybridized carbons (Fsp3) is 0.938. The SMILES string of the molecule is CC(C)CN(CCC(=O)OC(C)(C)C)C1CCCC1. The number of hydrogen-bond donors (Lipinski definition) is 0. The van der Waals surface area contributed by atoms with Crippen LogP contribution in [-0.4, -0.2) is 35.6 Å². The van der Waals surface area contributed by atoms with Crippen molar-refractivity contribution < 1.29 is 9.53 Å². The lowest BCUT2D eigenvalue weighted by molar-refractivity contribution is -0.155. The first-order chi connectivity index (χ1) is 8.78. The van der Waals surface area contributed by atoms with Gasteiger partial charge in [0.15, 0.2) is 0 Å². The van der Waals surface area contributed by atoms with E-state index < -0.39 is 0 Å². The zero-order valence-electron chi connectivity index (χ0n) is 13.4. The minimum atomic E-state index is -0.368. The molecule has 3 nitrogen and oxygen atoms in total. The summed E-state index contributed by atoms with van der Waals surface area (Å²) in [6.07, 6.45) is 5.78. The Kier molecular flexibility index (Phi) is 6.31. The van der Waals surface area contributed by atoms with Crippen LogP contribution < -0.4 is 0 Å². The van der Waals surface area contributed by atoms with Gasteiger partial charge in [0.1, 0.15) is 5.60 Å². The number of carbonyl (C=O) groups excluding carboxylic acids is 1. The quantitative estimate of drug-likeness (QED) is 0.690. The largest absolute Gasteiger partial charge is 0.460 e. The molecule has 0 heterocycles. The lowest BCUT2D eigenvalue weighted by Gasteiger charge is -2.30. The van der Waals surface area contributed by atoms with Crippen molar-refractivity contribution in [3.8, 4) is 0 Å². The Bertz CT molecular complexity index is 275. The Morgan fingerprint density at radius 2 is 1.84 bits per heavy atom. The first-order valence-electron chi connectivity index (χ1n) is 7.74. The van der Waals surface area contributed by atoms with Gasteiger partial charge in [-0.15, -0.1) is 0 Å². The first kappa shape index (κ1) is 16.5. The standard InChI is InChI=1S/C16H31NO2/c1-13(2)12-17(14-8-6-7-9-14)11-10-15(18)19-16(3,4)5/h13-14H,6-12H2,1-5H3. The number of esters is 1. The minimum Gasteiger partial charge on any atom is -0.460 e. The molecule has 0 saturated heterocycles. The highest BCUT2D eigenvalue weighted by Crippen LogP contribution is 2.24. The van der Waals surface area contributed by atoms with Crippen LogP contribution in [0.15, 0.2) is 0 Å². The fourth-order valence-electron chi connectivity index (χ4n) is 2.79. The summed E-state index contributed by atoms with van der Waals surface area (Å²) in [4.78, 5) is 14.3.